The second-order valence-electron chi connectivity index (χ2n) is 6.46. The molecule has 0 bridgehead atoms. The van der Waals surface area contributed by atoms with E-state index in [1.807, 2.05) is 18.9 Å². The highest BCUT2D eigenvalue weighted by Crippen LogP contribution is 2.29. The number of carboxylic acid groups (broad SMARTS) is 1. The molecule has 20 heavy (non-hydrogen) atoms. The highest BCUT2D eigenvalue weighted by atomic mass is 16.6. The SMILES string of the molecule is CCCN(C(=O)OC(C)(C)C)C1(C(=O)O)CCN(C)C1. The summed E-state index contributed by atoms with van der Waals surface area (Å²) in [7, 11) is 1.86. The highest BCUT2D eigenvalue weighted by molar-refractivity contribution is 5.85. The quantitative estimate of drug-likeness (QED) is 0.853. The molecule has 1 unspecified atom stereocenters. The lowest BCUT2D eigenvalue weighted by Gasteiger charge is -2.38. The van der Waals surface area contributed by atoms with Crippen molar-refractivity contribution in [1.29, 1.82) is 0 Å². The van der Waals surface area contributed by atoms with E-state index in [-0.39, 0.29) is 0 Å². The van der Waals surface area contributed by atoms with Crippen LogP contribution in [0.5, 0.6) is 0 Å². The number of likely N-dealkylation sites (N-methyl/N-ethyl adjacent to an activating group) is 1. The smallest absolute Gasteiger partial charge is 0.411 e. The molecule has 1 aliphatic rings. The molecule has 1 amide bonds. The minimum Gasteiger partial charge on any atom is -0.479 e. The fourth-order valence-electron chi connectivity index (χ4n) is 2.51. The van der Waals surface area contributed by atoms with Crippen molar-refractivity contribution in [2.45, 2.75) is 51.7 Å². The number of hydrogen-bond donors (Lipinski definition) is 1. The Balaban J connectivity index is 3.04. The van der Waals surface area contributed by atoms with Gasteiger partial charge in [0, 0.05) is 19.6 Å². The van der Waals surface area contributed by atoms with Crippen LogP contribution in [0.15, 0.2) is 0 Å². The van der Waals surface area contributed by atoms with Crippen LogP contribution in [0, 0.1) is 0 Å². The molecule has 0 aromatic carbocycles. The molecule has 0 aromatic heterocycles. The molecule has 1 atom stereocenters. The predicted molar refractivity (Wildman–Crippen MR) is 75.7 cm³/mol. The molecule has 0 spiro atoms. The van der Waals surface area contributed by atoms with Gasteiger partial charge in [0.2, 0.25) is 0 Å². The first-order chi connectivity index (χ1) is 9.12. The number of aliphatic carboxylic acids is 1. The number of ether oxygens (including phenoxy) is 1. The summed E-state index contributed by atoms with van der Waals surface area (Å²) in [5.74, 6) is -0.957. The fraction of sp³-hybridized carbons (Fsp3) is 0.857. The van der Waals surface area contributed by atoms with E-state index in [1.165, 1.54) is 4.90 Å². The van der Waals surface area contributed by atoms with Gasteiger partial charge in [0.1, 0.15) is 5.60 Å². The van der Waals surface area contributed by atoms with Gasteiger partial charge in [-0.05, 0) is 40.7 Å². The number of likely N-dealkylation sites (tertiary alicyclic amines) is 1. The third-order valence-electron chi connectivity index (χ3n) is 3.41. The Morgan fingerprint density at radius 3 is 2.35 bits per heavy atom. The molecule has 6 nitrogen and oxygen atoms in total. The average molecular weight is 286 g/mol. The summed E-state index contributed by atoms with van der Waals surface area (Å²) >= 11 is 0. The maximum atomic E-state index is 12.4. The number of carboxylic acids is 1. The monoisotopic (exact) mass is 286 g/mol. The molecule has 1 heterocycles. The van der Waals surface area contributed by atoms with Gasteiger partial charge in [0.25, 0.3) is 0 Å². The van der Waals surface area contributed by atoms with Crippen molar-refractivity contribution < 1.29 is 19.4 Å². The van der Waals surface area contributed by atoms with Gasteiger partial charge in [-0.15, -0.1) is 0 Å². The van der Waals surface area contributed by atoms with Crippen LogP contribution in [0.4, 0.5) is 4.79 Å². The highest BCUT2D eigenvalue weighted by Gasteiger charge is 2.51. The molecule has 1 aliphatic heterocycles. The molecule has 1 fully saturated rings. The normalized spacial score (nSPS) is 23.6. The average Bonchev–Trinajstić information content (AvgIpc) is 2.67. The molecule has 0 saturated carbocycles. The van der Waals surface area contributed by atoms with Crippen LogP contribution in [0.1, 0.15) is 40.5 Å². The molecule has 0 aromatic rings. The number of carbonyl (C=O) groups excluding carboxylic acids is 1. The molecule has 116 valence electrons. The van der Waals surface area contributed by atoms with Gasteiger partial charge < -0.3 is 14.7 Å². The van der Waals surface area contributed by atoms with Crippen LogP contribution < -0.4 is 0 Å². The Morgan fingerprint density at radius 1 is 1.40 bits per heavy atom. The Morgan fingerprint density at radius 2 is 2.00 bits per heavy atom. The van der Waals surface area contributed by atoms with Crippen LogP contribution in [-0.4, -0.2) is 64.8 Å². The van der Waals surface area contributed by atoms with E-state index < -0.39 is 23.2 Å². The second kappa shape index (κ2) is 5.99. The molecule has 0 aliphatic carbocycles. The van der Waals surface area contributed by atoms with Gasteiger partial charge in [0.05, 0.1) is 0 Å². The summed E-state index contributed by atoms with van der Waals surface area (Å²) in [4.78, 5) is 27.5. The molecule has 1 saturated heterocycles. The minimum absolute atomic E-state index is 0.335. The van der Waals surface area contributed by atoms with Crippen LogP contribution >= 0.6 is 0 Å². The number of nitrogens with zero attached hydrogens (tertiary/aromatic N) is 2. The summed E-state index contributed by atoms with van der Waals surface area (Å²) < 4.78 is 5.38. The standard InChI is InChI=1S/C14H26N2O4/c1-6-8-16(12(19)20-13(2,3)4)14(11(17)18)7-9-15(5)10-14/h6-10H2,1-5H3,(H,17,18). The van der Waals surface area contributed by atoms with Crippen LogP contribution in [0.3, 0.4) is 0 Å². The van der Waals surface area contributed by atoms with Crippen LogP contribution in [0.2, 0.25) is 0 Å². The van der Waals surface area contributed by atoms with Gasteiger partial charge in [-0.2, -0.15) is 0 Å². The van der Waals surface area contributed by atoms with Crippen molar-refractivity contribution in [1.82, 2.24) is 9.80 Å². The lowest BCUT2D eigenvalue weighted by molar-refractivity contribution is -0.150. The topological polar surface area (TPSA) is 70.1 Å². The van der Waals surface area contributed by atoms with E-state index in [0.717, 1.165) is 0 Å². The third-order valence-corrected chi connectivity index (χ3v) is 3.41. The van der Waals surface area contributed by atoms with Gasteiger partial charge in [-0.3, -0.25) is 4.90 Å². The van der Waals surface area contributed by atoms with Crippen LogP contribution in [-0.2, 0) is 9.53 Å². The number of hydrogen-bond acceptors (Lipinski definition) is 4. The van der Waals surface area contributed by atoms with E-state index in [4.69, 9.17) is 4.74 Å². The summed E-state index contributed by atoms with van der Waals surface area (Å²) in [6.45, 7) is 8.65. The maximum Gasteiger partial charge on any atom is 0.411 e. The van der Waals surface area contributed by atoms with Crippen molar-refractivity contribution in [3.63, 3.8) is 0 Å². The Bertz CT molecular complexity index is 378. The summed E-state index contributed by atoms with van der Waals surface area (Å²) in [6.07, 6.45) is 0.577. The van der Waals surface area contributed by atoms with Crippen molar-refractivity contribution >= 4 is 12.1 Å². The summed E-state index contributed by atoms with van der Waals surface area (Å²) in [5.41, 5.74) is -1.81. The lowest BCUT2D eigenvalue weighted by Crippen LogP contribution is -2.59. The number of carbonyl (C=O) groups is 2. The van der Waals surface area contributed by atoms with Crippen molar-refractivity contribution in [2.24, 2.45) is 0 Å². The first kappa shape index (κ1) is 16.8. The van der Waals surface area contributed by atoms with E-state index in [9.17, 15) is 14.7 Å². The van der Waals surface area contributed by atoms with Gasteiger partial charge in [-0.25, -0.2) is 9.59 Å². The van der Waals surface area contributed by atoms with Gasteiger partial charge in [0.15, 0.2) is 5.54 Å². The molecule has 1 N–H and O–H groups in total. The van der Waals surface area contributed by atoms with Gasteiger partial charge >= 0.3 is 12.1 Å². The summed E-state index contributed by atoms with van der Waals surface area (Å²) in [6, 6.07) is 0. The van der Waals surface area contributed by atoms with Gasteiger partial charge in [-0.1, -0.05) is 6.92 Å². The zero-order valence-corrected chi connectivity index (χ0v) is 13.1. The molecule has 6 heteroatoms. The zero-order chi connectivity index (χ0) is 15.6. The molecule has 0 radical (unpaired) electrons. The minimum atomic E-state index is -1.17. The van der Waals surface area contributed by atoms with E-state index in [0.29, 0.717) is 32.5 Å². The Kier molecular flexibility index (Phi) is 5.02. The largest absolute Gasteiger partial charge is 0.479 e. The molecular formula is C14H26N2O4. The number of rotatable bonds is 4. The van der Waals surface area contributed by atoms with Crippen molar-refractivity contribution in [3.05, 3.63) is 0 Å². The zero-order valence-electron chi connectivity index (χ0n) is 13.1. The second-order valence-corrected chi connectivity index (χ2v) is 6.46. The molecule has 1 rings (SSSR count). The number of amides is 1. The summed E-state index contributed by atoms with van der Waals surface area (Å²) in [5, 5.41) is 9.65. The van der Waals surface area contributed by atoms with Crippen molar-refractivity contribution in [2.75, 3.05) is 26.7 Å². The van der Waals surface area contributed by atoms with Crippen molar-refractivity contribution in [3.8, 4) is 0 Å². The van der Waals surface area contributed by atoms with E-state index in [1.54, 1.807) is 20.8 Å². The van der Waals surface area contributed by atoms with Crippen LogP contribution in [0.25, 0.3) is 0 Å². The van der Waals surface area contributed by atoms with E-state index in [2.05, 4.69) is 0 Å². The van der Waals surface area contributed by atoms with E-state index >= 15 is 0 Å². The first-order valence-electron chi connectivity index (χ1n) is 7.05. The third kappa shape index (κ3) is 3.62. The maximum absolute atomic E-state index is 12.4. The Labute approximate surface area is 120 Å². The first-order valence-corrected chi connectivity index (χ1v) is 7.05. The lowest BCUT2D eigenvalue weighted by atomic mass is 9.96. The predicted octanol–water partition coefficient (Wildman–Crippen LogP) is 1.79. The Hall–Kier alpha value is -1.30. The fourth-order valence-corrected chi connectivity index (χ4v) is 2.51. The molecular weight excluding hydrogens is 260 g/mol.